The lowest BCUT2D eigenvalue weighted by Crippen LogP contribution is -2.16. The molecule has 0 amide bonds. The van der Waals surface area contributed by atoms with Gasteiger partial charge in [-0.05, 0) is 45.4 Å². The molecule has 0 aromatic carbocycles. The van der Waals surface area contributed by atoms with Gasteiger partial charge >= 0.3 is 0 Å². The van der Waals surface area contributed by atoms with Crippen LogP contribution in [0.1, 0.15) is 62.0 Å². The molecular weight excluding hydrogens is 210 g/mol. The normalized spacial score (nSPS) is 24.9. The van der Waals surface area contributed by atoms with Crippen molar-refractivity contribution in [1.29, 1.82) is 0 Å². The van der Waals surface area contributed by atoms with Gasteiger partial charge in [-0.15, -0.1) is 0 Å². The molecule has 1 saturated carbocycles. The number of nitrogen functional groups attached to an aromatic ring is 1. The van der Waals surface area contributed by atoms with E-state index in [9.17, 15) is 0 Å². The minimum absolute atomic E-state index is 0.527. The Bertz CT molecular complexity index is 369. The Hall–Kier alpha value is -1.12. The topological polar surface area (TPSA) is 51.8 Å². The zero-order valence-electron chi connectivity index (χ0n) is 11.2. The van der Waals surface area contributed by atoms with E-state index in [-0.39, 0.29) is 0 Å². The number of aromatic nitrogens is 2. The summed E-state index contributed by atoms with van der Waals surface area (Å²) in [6.07, 6.45) is 6.39. The first-order valence-corrected chi connectivity index (χ1v) is 6.72. The van der Waals surface area contributed by atoms with Crippen molar-refractivity contribution in [2.24, 2.45) is 5.92 Å². The van der Waals surface area contributed by atoms with Crippen LogP contribution >= 0.6 is 0 Å². The molecule has 0 atom stereocenters. The second kappa shape index (κ2) is 5.03. The molecule has 1 aromatic rings. The molecule has 2 N–H and O–H groups in total. The molecule has 0 bridgehead atoms. The minimum atomic E-state index is 0.527. The second-order valence-corrected chi connectivity index (χ2v) is 5.30. The van der Waals surface area contributed by atoms with Crippen molar-refractivity contribution in [2.45, 2.75) is 58.8 Å². The first-order valence-electron chi connectivity index (χ1n) is 6.72. The summed E-state index contributed by atoms with van der Waals surface area (Å²) in [5.41, 5.74) is 7.99. The van der Waals surface area contributed by atoms with E-state index >= 15 is 0 Å². The van der Waals surface area contributed by atoms with Crippen LogP contribution in [0.15, 0.2) is 0 Å². The third kappa shape index (κ3) is 2.59. The van der Waals surface area contributed by atoms with Crippen molar-refractivity contribution in [3.8, 4) is 0 Å². The van der Waals surface area contributed by atoms with E-state index in [1.807, 2.05) is 13.8 Å². The van der Waals surface area contributed by atoms with Gasteiger partial charge in [0, 0.05) is 17.2 Å². The third-order valence-corrected chi connectivity index (χ3v) is 4.23. The molecule has 0 radical (unpaired) electrons. The average molecular weight is 233 g/mol. The van der Waals surface area contributed by atoms with Crippen molar-refractivity contribution >= 4 is 5.82 Å². The molecule has 3 nitrogen and oxygen atoms in total. The highest BCUT2D eigenvalue weighted by molar-refractivity contribution is 5.40. The number of nitrogens with two attached hydrogens (primary N) is 1. The summed E-state index contributed by atoms with van der Waals surface area (Å²) in [5.74, 6) is 3.07. The van der Waals surface area contributed by atoms with Gasteiger partial charge in [0.25, 0.3) is 0 Å². The molecule has 1 aliphatic rings. The van der Waals surface area contributed by atoms with Gasteiger partial charge in [0.1, 0.15) is 11.6 Å². The Kier molecular flexibility index (Phi) is 3.65. The summed E-state index contributed by atoms with van der Waals surface area (Å²) in [4.78, 5) is 9.09. The molecule has 17 heavy (non-hydrogen) atoms. The summed E-state index contributed by atoms with van der Waals surface area (Å²) < 4.78 is 0. The van der Waals surface area contributed by atoms with E-state index in [0.717, 1.165) is 23.0 Å². The minimum Gasteiger partial charge on any atom is -0.383 e. The Balaban J connectivity index is 2.13. The van der Waals surface area contributed by atoms with Gasteiger partial charge in [-0.2, -0.15) is 0 Å². The quantitative estimate of drug-likeness (QED) is 0.852. The van der Waals surface area contributed by atoms with Gasteiger partial charge in [0.15, 0.2) is 0 Å². The molecule has 1 fully saturated rings. The molecule has 2 rings (SSSR count). The lowest BCUT2D eigenvalue weighted by atomic mass is 9.80. The maximum Gasteiger partial charge on any atom is 0.134 e. The molecule has 1 aliphatic carbocycles. The van der Waals surface area contributed by atoms with E-state index < -0.39 is 0 Å². The highest BCUT2D eigenvalue weighted by Gasteiger charge is 2.23. The fourth-order valence-electron chi connectivity index (χ4n) is 2.68. The van der Waals surface area contributed by atoms with Gasteiger partial charge in [0.2, 0.25) is 0 Å². The van der Waals surface area contributed by atoms with E-state index in [2.05, 4.69) is 16.9 Å². The highest BCUT2D eigenvalue weighted by Crippen LogP contribution is 2.36. The third-order valence-electron chi connectivity index (χ3n) is 4.23. The van der Waals surface area contributed by atoms with E-state index in [0.29, 0.717) is 11.7 Å². The standard InChI is InChI=1S/C14H23N3/c1-4-11-5-7-12(8-6-11)14-16-10(3)9(2)13(15)17-14/h11-12H,4-8H2,1-3H3,(H2,15,16,17). The summed E-state index contributed by atoms with van der Waals surface area (Å²) in [7, 11) is 0. The fourth-order valence-corrected chi connectivity index (χ4v) is 2.68. The van der Waals surface area contributed by atoms with Crippen LogP contribution in [0.25, 0.3) is 0 Å². The van der Waals surface area contributed by atoms with E-state index in [1.54, 1.807) is 0 Å². The van der Waals surface area contributed by atoms with Crippen molar-refractivity contribution in [3.05, 3.63) is 17.1 Å². The average Bonchev–Trinajstić information content (AvgIpc) is 2.35. The van der Waals surface area contributed by atoms with Crippen molar-refractivity contribution < 1.29 is 0 Å². The van der Waals surface area contributed by atoms with Gasteiger partial charge in [-0.1, -0.05) is 13.3 Å². The van der Waals surface area contributed by atoms with Gasteiger partial charge < -0.3 is 5.73 Å². The van der Waals surface area contributed by atoms with Gasteiger partial charge in [0.05, 0.1) is 0 Å². The molecule has 0 aliphatic heterocycles. The largest absolute Gasteiger partial charge is 0.383 e. The summed E-state index contributed by atoms with van der Waals surface area (Å²) in [5, 5.41) is 0. The number of nitrogens with zero attached hydrogens (tertiary/aromatic N) is 2. The molecule has 0 unspecified atom stereocenters. The molecule has 94 valence electrons. The predicted molar refractivity (Wildman–Crippen MR) is 70.9 cm³/mol. The first-order chi connectivity index (χ1) is 8.11. The Morgan fingerprint density at radius 2 is 1.76 bits per heavy atom. The van der Waals surface area contributed by atoms with E-state index in [4.69, 9.17) is 5.73 Å². The van der Waals surface area contributed by atoms with Gasteiger partial charge in [-0.25, -0.2) is 9.97 Å². The summed E-state index contributed by atoms with van der Waals surface area (Å²) in [6.45, 7) is 6.30. The van der Waals surface area contributed by atoms with Crippen molar-refractivity contribution in [1.82, 2.24) is 9.97 Å². The molecular formula is C14H23N3. The maximum atomic E-state index is 5.93. The number of rotatable bonds is 2. The first kappa shape index (κ1) is 12.3. The Morgan fingerprint density at radius 3 is 2.29 bits per heavy atom. The van der Waals surface area contributed by atoms with E-state index in [1.165, 1.54) is 32.1 Å². The van der Waals surface area contributed by atoms with Crippen LogP contribution in [-0.2, 0) is 0 Å². The van der Waals surface area contributed by atoms with Crippen LogP contribution in [0, 0.1) is 19.8 Å². The fraction of sp³-hybridized carbons (Fsp3) is 0.714. The Morgan fingerprint density at radius 1 is 1.12 bits per heavy atom. The van der Waals surface area contributed by atoms with Crippen LogP contribution < -0.4 is 5.73 Å². The smallest absolute Gasteiger partial charge is 0.134 e. The highest BCUT2D eigenvalue weighted by atomic mass is 15.0. The van der Waals surface area contributed by atoms with Crippen molar-refractivity contribution in [2.75, 3.05) is 5.73 Å². The summed E-state index contributed by atoms with van der Waals surface area (Å²) in [6, 6.07) is 0. The molecule has 1 heterocycles. The molecule has 0 saturated heterocycles. The predicted octanol–water partition coefficient (Wildman–Crippen LogP) is 3.36. The number of hydrogen-bond donors (Lipinski definition) is 1. The number of hydrogen-bond acceptors (Lipinski definition) is 3. The maximum absolute atomic E-state index is 5.93. The van der Waals surface area contributed by atoms with Crippen LogP contribution in [0.5, 0.6) is 0 Å². The van der Waals surface area contributed by atoms with Crippen LogP contribution in [-0.4, -0.2) is 9.97 Å². The zero-order valence-corrected chi connectivity index (χ0v) is 11.2. The van der Waals surface area contributed by atoms with Crippen LogP contribution in [0.3, 0.4) is 0 Å². The Labute approximate surface area is 104 Å². The summed E-state index contributed by atoms with van der Waals surface area (Å²) >= 11 is 0. The lowest BCUT2D eigenvalue weighted by molar-refractivity contribution is 0.312. The monoisotopic (exact) mass is 233 g/mol. The zero-order chi connectivity index (χ0) is 12.4. The molecule has 3 heteroatoms. The molecule has 0 spiro atoms. The molecule has 1 aromatic heterocycles. The second-order valence-electron chi connectivity index (χ2n) is 5.30. The van der Waals surface area contributed by atoms with Crippen LogP contribution in [0.2, 0.25) is 0 Å². The lowest BCUT2D eigenvalue weighted by Gasteiger charge is -2.27. The van der Waals surface area contributed by atoms with Gasteiger partial charge in [-0.3, -0.25) is 0 Å². The number of aryl methyl sites for hydroxylation is 1. The van der Waals surface area contributed by atoms with Crippen LogP contribution in [0.4, 0.5) is 5.82 Å². The SMILES string of the molecule is CCC1CCC(c2nc(C)c(C)c(N)n2)CC1. The van der Waals surface area contributed by atoms with Crippen molar-refractivity contribution in [3.63, 3.8) is 0 Å². The number of anilines is 1.